The van der Waals surface area contributed by atoms with Crippen molar-refractivity contribution >= 4 is 29.2 Å². The molecule has 0 bridgehead atoms. The molecule has 0 radical (unpaired) electrons. The Labute approximate surface area is 186 Å². The SMILES string of the molecule is Cc1ccc(CN2CCc3cccc(C(=O)NCc4ccc(C(=O)O)cc4)c32)cc1Cl. The number of carbonyl (C=O) groups excluding carboxylic acids is 1. The summed E-state index contributed by atoms with van der Waals surface area (Å²) in [5, 5.41) is 12.7. The number of carbonyl (C=O) groups is 2. The van der Waals surface area contributed by atoms with Crippen molar-refractivity contribution in [2.45, 2.75) is 26.4 Å². The molecule has 158 valence electrons. The summed E-state index contributed by atoms with van der Waals surface area (Å²) in [6.45, 7) is 3.85. The Balaban J connectivity index is 1.50. The van der Waals surface area contributed by atoms with Crippen LogP contribution in [0.5, 0.6) is 0 Å². The van der Waals surface area contributed by atoms with E-state index in [-0.39, 0.29) is 11.5 Å². The van der Waals surface area contributed by atoms with E-state index in [1.165, 1.54) is 0 Å². The first-order valence-electron chi connectivity index (χ1n) is 10.1. The minimum atomic E-state index is -0.967. The number of benzene rings is 3. The molecule has 1 heterocycles. The van der Waals surface area contributed by atoms with Crippen LogP contribution in [0.2, 0.25) is 5.02 Å². The Morgan fingerprint density at radius 2 is 1.81 bits per heavy atom. The first-order valence-corrected chi connectivity index (χ1v) is 10.5. The highest BCUT2D eigenvalue weighted by Crippen LogP contribution is 2.33. The molecule has 0 aromatic heterocycles. The summed E-state index contributed by atoms with van der Waals surface area (Å²) in [6.07, 6.45) is 0.896. The van der Waals surface area contributed by atoms with Crippen LogP contribution in [0.4, 0.5) is 5.69 Å². The number of carboxylic acids is 1. The first kappa shape index (κ1) is 20.9. The van der Waals surface area contributed by atoms with Gasteiger partial charge in [-0.25, -0.2) is 4.79 Å². The zero-order valence-electron chi connectivity index (χ0n) is 17.2. The number of aromatic carboxylic acids is 1. The molecular formula is C25H23ClN2O3. The van der Waals surface area contributed by atoms with Crippen LogP contribution in [0.15, 0.2) is 60.7 Å². The van der Waals surface area contributed by atoms with E-state index in [2.05, 4.69) is 22.3 Å². The van der Waals surface area contributed by atoms with Crippen LogP contribution in [0.25, 0.3) is 0 Å². The van der Waals surface area contributed by atoms with Gasteiger partial charge in [-0.1, -0.05) is 48.0 Å². The van der Waals surface area contributed by atoms with Crippen LogP contribution >= 0.6 is 11.6 Å². The molecule has 0 aliphatic carbocycles. The van der Waals surface area contributed by atoms with Crippen LogP contribution in [0.1, 0.15) is 43.0 Å². The highest BCUT2D eigenvalue weighted by atomic mass is 35.5. The monoisotopic (exact) mass is 434 g/mol. The average molecular weight is 435 g/mol. The number of para-hydroxylation sites is 1. The van der Waals surface area contributed by atoms with Gasteiger partial charge >= 0.3 is 5.97 Å². The molecule has 4 rings (SSSR count). The summed E-state index contributed by atoms with van der Waals surface area (Å²) in [5.74, 6) is -1.11. The number of hydrogen-bond donors (Lipinski definition) is 2. The molecule has 1 amide bonds. The molecule has 0 atom stereocenters. The number of fused-ring (bicyclic) bond motifs is 1. The summed E-state index contributed by atoms with van der Waals surface area (Å²) in [4.78, 5) is 26.2. The first-order chi connectivity index (χ1) is 14.9. The van der Waals surface area contributed by atoms with Crippen LogP contribution in [-0.4, -0.2) is 23.5 Å². The Kier molecular flexibility index (Phi) is 5.96. The van der Waals surface area contributed by atoms with E-state index < -0.39 is 5.97 Å². The fraction of sp³-hybridized carbons (Fsp3) is 0.200. The predicted molar refractivity (Wildman–Crippen MR) is 122 cm³/mol. The topological polar surface area (TPSA) is 69.6 Å². The van der Waals surface area contributed by atoms with Crippen LogP contribution in [0, 0.1) is 6.92 Å². The van der Waals surface area contributed by atoms with Crippen molar-refractivity contribution in [2.75, 3.05) is 11.4 Å². The van der Waals surface area contributed by atoms with E-state index in [1.807, 2.05) is 31.2 Å². The third kappa shape index (κ3) is 4.57. The fourth-order valence-corrected chi connectivity index (χ4v) is 4.08. The van der Waals surface area contributed by atoms with Crippen molar-refractivity contribution in [3.05, 3.63) is 99.1 Å². The molecule has 2 N–H and O–H groups in total. The Hall–Kier alpha value is -3.31. The molecule has 6 heteroatoms. The van der Waals surface area contributed by atoms with Crippen LogP contribution in [0.3, 0.4) is 0 Å². The lowest BCUT2D eigenvalue weighted by Crippen LogP contribution is -2.27. The molecule has 0 spiro atoms. The lowest BCUT2D eigenvalue weighted by molar-refractivity contribution is 0.0696. The van der Waals surface area contributed by atoms with Crippen LogP contribution in [-0.2, 0) is 19.5 Å². The number of rotatable bonds is 6. The normalized spacial score (nSPS) is 12.5. The molecule has 3 aromatic rings. The highest BCUT2D eigenvalue weighted by molar-refractivity contribution is 6.31. The molecule has 31 heavy (non-hydrogen) atoms. The third-order valence-electron chi connectivity index (χ3n) is 5.60. The Morgan fingerprint density at radius 1 is 1.06 bits per heavy atom. The summed E-state index contributed by atoms with van der Waals surface area (Å²) in [6, 6.07) is 18.4. The maximum absolute atomic E-state index is 13.0. The molecule has 1 aliphatic rings. The van der Waals surface area contributed by atoms with E-state index in [1.54, 1.807) is 24.3 Å². The number of nitrogens with zero attached hydrogens (tertiary/aromatic N) is 1. The Morgan fingerprint density at radius 3 is 2.52 bits per heavy atom. The molecule has 3 aromatic carbocycles. The largest absolute Gasteiger partial charge is 0.478 e. The smallest absolute Gasteiger partial charge is 0.335 e. The number of hydrogen-bond acceptors (Lipinski definition) is 3. The van der Waals surface area contributed by atoms with Gasteiger partial charge in [-0.15, -0.1) is 0 Å². The molecule has 0 saturated heterocycles. The van der Waals surface area contributed by atoms with Gasteiger partial charge < -0.3 is 15.3 Å². The number of carboxylic acid groups (broad SMARTS) is 1. The van der Waals surface area contributed by atoms with Gasteiger partial charge in [0.05, 0.1) is 16.8 Å². The number of halogens is 1. The zero-order valence-corrected chi connectivity index (χ0v) is 17.9. The number of aryl methyl sites for hydroxylation is 1. The van der Waals surface area contributed by atoms with Crippen molar-refractivity contribution in [1.82, 2.24) is 5.32 Å². The maximum atomic E-state index is 13.0. The second-order valence-electron chi connectivity index (χ2n) is 7.75. The molecule has 0 saturated carbocycles. The van der Waals surface area contributed by atoms with Crippen molar-refractivity contribution in [3.63, 3.8) is 0 Å². The van der Waals surface area contributed by atoms with Gasteiger partial charge in [0.2, 0.25) is 0 Å². The highest BCUT2D eigenvalue weighted by Gasteiger charge is 2.25. The summed E-state index contributed by atoms with van der Waals surface area (Å²) in [7, 11) is 0. The van der Waals surface area contributed by atoms with E-state index in [0.29, 0.717) is 18.7 Å². The van der Waals surface area contributed by atoms with Crippen molar-refractivity contribution < 1.29 is 14.7 Å². The zero-order chi connectivity index (χ0) is 22.0. The van der Waals surface area contributed by atoms with Gasteiger partial charge in [-0.2, -0.15) is 0 Å². The third-order valence-corrected chi connectivity index (χ3v) is 6.00. The maximum Gasteiger partial charge on any atom is 0.335 e. The van der Waals surface area contributed by atoms with Crippen molar-refractivity contribution in [1.29, 1.82) is 0 Å². The van der Waals surface area contributed by atoms with E-state index in [0.717, 1.165) is 45.9 Å². The van der Waals surface area contributed by atoms with Gasteiger partial charge in [-0.05, 0) is 59.9 Å². The van der Waals surface area contributed by atoms with Gasteiger partial charge in [-0.3, -0.25) is 4.79 Å². The summed E-state index contributed by atoms with van der Waals surface area (Å²) < 4.78 is 0. The second-order valence-corrected chi connectivity index (χ2v) is 8.16. The van der Waals surface area contributed by atoms with E-state index in [4.69, 9.17) is 16.7 Å². The standard InChI is InChI=1S/C25H23ClN2O3/c1-16-5-6-18(13-22(16)26)15-28-12-11-19-3-2-4-21(23(19)28)24(29)27-14-17-7-9-20(10-8-17)25(30)31/h2-10,13H,11-12,14-15H2,1H3,(H,27,29)(H,30,31). The predicted octanol–water partition coefficient (Wildman–Crippen LogP) is 4.84. The van der Waals surface area contributed by atoms with Crippen LogP contribution < -0.4 is 10.2 Å². The van der Waals surface area contributed by atoms with E-state index >= 15 is 0 Å². The van der Waals surface area contributed by atoms with Crippen molar-refractivity contribution in [2.24, 2.45) is 0 Å². The van der Waals surface area contributed by atoms with Gasteiger partial charge in [0.15, 0.2) is 0 Å². The number of amides is 1. The lowest BCUT2D eigenvalue weighted by atomic mass is 10.1. The van der Waals surface area contributed by atoms with Gasteiger partial charge in [0.1, 0.15) is 0 Å². The van der Waals surface area contributed by atoms with E-state index in [9.17, 15) is 9.59 Å². The van der Waals surface area contributed by atoms with Gasteiger partial charge in [0.25, 0.3) is 5.91 Å². The second kappa shape index (κ2) is 8.82. The molecule has 0 unspecified atom stereocenters. The summed E-state index contributed by atoms with van der Waals surface area (Å²) in [5.41, 5.74) is 6.01. The Bertz CT molecular complexity index is 1140. The van der Waals surface area contributed by atoms with Gasteiger partial charge in [0, 0.05) is 24.7 Å². The minimum Gasteiger partial charge on any atom is -0.478 e. The number of nitrogens with one attached hydrogen (secondary N) is 1. The fourth-order valence-electron chi connectivity index (χ4n) is 3.87. The lowest BCUT2D eigenvalue weighted by Gasteiger charge is -2.22. The quantitative estimate of drug-likeness (QED) is 0.582. The average Bonchev–Trinajstić information content (AvgIpc) is 3.18. The number of anilines is 1. The molecular weight excluding hydrogens is 412 g/mol. The molecule has 1 aliphatic heterocycles. The molecule has 5 nitrogen and oxygen atoms in total. The van der Waals surface area contributed by atoms with Crippen molar-refractivity contribution in [3.8, 4) is 0 Å². The summed E-state index contributed by atoms with van der Waals surface area (Å²) >= 11 is 6.29. The minimum absolute atomic E-state index is 0.145. The molecule has 0 fully saturated rings.